The van der Waals surface area contributed by atoms with Crippen LogP contribution in [0.3, 0.4) is 0 Å². The zero-order valence-electron chi connectivity index (χ0n) is 29.2. The SMILES string of the molecule is Cc1cccc(-c2cccc(C)n2)n1.F[P-](F)(F)(F)(F)F.F[P-](F)(F)(F)(F)F.[Ru+].c1cnc2c(c1)ccc1cccnc12.c1cnc2c(c1)ccc1cccnc12. The Balaban J connectivity index is 0.000000197. The number of halogens is 12. The van der Waals surface area contributed by atoms with E-state index in [0.29, 0.717) is 0 Å². The van der Waals surface area contributed by atoms with Crippen molar-refractivity contribution in [2.75, 3.05) is 0 Å². The number of rotatable bonds is 1. The Morgan fingerprint density at radius 1 is 0.333 bits per heavy atom. The minimum atomic E-state index is -10.7. The summed E-state index contributed by atoms with van der Waals surface area (Å²) in [6, 6.07) is 36.2. The van der Waals surface area contributed by atoms with Gasteiger partial charge in [-0.3, -0.25) is 29.9 Å². The molecule has 0 aliphatic heterocycles. The first kappa shape index (κ1) is 46.4. The molecule has 57 heavy (non-hydrogen) atoms. The van der Waals surface area contributed by atoms with Crippen molar-refractivity contribution in [3.63, 3.8) is 0 Å². The van der Waals surface area contributed by atoms with Crippen LogP contribution in [0.1, 0.15) is 11.4 Å². The third-order valence-corrected chi connectivity index (χ3v) is 6.73. The van der Waals surface area contributed by atoms with E-state index in [2.05, 4.69) is 78.4 Å². The summed E-state index contributed by atoms with van der Waals surface area (Å²) >= 11 is 0. The Hall–Kier alpha value is -4.98. The number of pyridine rings is 6. The molecular formula is C36H28F12N6P2Ru-. The van der Waals surface area contributed by atoms with Crippen LogP contribution in [0.2, 0.25) is 0 Å². The van der Waals surface area contributed by atoms with E-state index in [1.165, 1.54) is 0 Å². The molecule has 305 valence electrons. The molecule has 6 aromatic heterocycles. The number of aryl methyl sites for hydroxylation is 2. The van der Waals surface area contributed by atoms with E-state index in [0.717, 1.165) is 66.4 Å². The van der Waals surface area contributed by atoms with Crippen LogP contribution in [-0.4, -0.2) is 29.9 Å². The van der Waals surface area contributed by atoms with Crippen LogP contribution < -0.4 is 0 Å². The van der Waals surface area contributed by atoms with Crippen LogP contribution in [0.4, 0.5) is 50.4 Å². The van der Waals surface area contributed by atoms with Gasteiger partial charge < -0.3 is 0 Å². The molecule has 2 aromatic carbocycles. The summed E-state index contributed by atoms with van der Waals surface area (Å²) in [5.41, 5.74) is 7.83. The molecule has 0 spiro atoms. The Kier molecular flexibility index (Phi) is 13.1. The maximum atomic E-state index is 9.87. The van der Waals surface area contributed by atoms with E-state index < -0.39 is 15.6 Å². The summed E-state index contributed by atoms with van der Waals surface area (Å²) in [5, 5.41) is 4.55. The molecule has 0 atom stereocenters. The van der Waals surface area contributed by atoms with Crippen LogP contribution in [0.25, 0.3) is 55.0 Å². The summed E-state index contributed by atoms with van der Waals surface area (Å²) in [5.74, 6) is 0. The van der Waals surface area contributed by atoms with Crippen LogP contribution in [0, 0.1) is 13.8 Å². The van der Waals surface area contributed by atoms with Gasteiger partial charge in [0.15, 0.2) is 0 Å². The molecule has 0 amide bonds. The van der Waals surface area contributed by atoms with Crippen molar-refractivity contribution in [1.82, 2.24) is 29.9 Å². The molecule has 8 aromatic rings. The molecular weight excluding hydrogens is 907 g/mol. The third-order valence-electron chi connectivity index (χ3n) is 6.73. The van der Waals surface area contributed by atoms with Crippen molar-refractivity contribution in [2.24, 2.45) is 0 Å². The van der Waals surface area contributed by atoms with Gasteiger partial charge in [-0.25, -0.2) is 0 Å². The number of fused-ring (bicyclic) bond motifs is 6. The normalized spacial score (nSPS) is 13.5. The first-order chi connectivity index (χ1) is 25.6. The summed E-state index contributed by atoms with van der Waals surface area (Å²) in [6.45, 7) is 3.97. The van der Waals surface area contributed by atoms with Crippen molar-refractivity contribution in [3.8, 4) is 11.4 Å². The molecule has 0 fully saturated rings. The van der Waals surface area contributed by atoms with E-state index in [4.69, 9.17) is 0 Å². The molecule has 21 heteroatoms. The Bertz CT molecular complexity index is 2320. The Morgan fingerprint density at radius 3 is 0.772 bits per heavy atom. The standard InChI is InChI=1S/2C12H8N2.C12H12N2.2F6P.Ru/c2*1-3-9-5-6-10-4-2-8-14-12(10)11(9)13-7-1;1-9-5-3-7-11(13-9)12-8-4-6-10(2)14-12;2*1-7(2,3,4,5)6;/h2*1-8H;3-8H,1-2H3;;;/q;;;2*-1;+1. The topological polar surface area (TPSA) is 77.3 Å². The Labute approximate surface area is 328 Å². The minimum absolute atomic E-state index is 0. The van der Waals surface area contributed by atoms with Gasteiger partial charge in [-0.2, -0.15) is 0 Å². The monoisotopic (exact) mass is 936 g/mol. The molecule has 8 rings (SSSR count). The van der Waals surface area contributed by atoms with Crippen molar-refractivity contribution in [2.45, 2.75) is 13.8 Å². The van der Waals surface area contributed by atoms with Crippen LogP contribution in [0.15, 0.2) is 134 Å². The number of nitrogens with zero attached hydrogens (tertiary/aromatic N) is 6. The summed E-state index contributed by atoms with van der Waals surface area (Å²) < 4.78 is 118. The Morgan fingerprint density at radius 2 is 0.561 bits per heavy atom. The second-order valence-electron chi connectivity index (χ2n) is 11.7. The predicted molar refractivity (Wildman–Crippen MR) is 198 cm³/mol. The van der Waals surface area contributed by atoms with Gasteiger partial charge in [-0.1, -0.05) is 60.7 Å². The fourth-order valence-electron chi connectivity index (χ4n) is 4.73. The zero-order chi connectivity index (χ0) is 41.5. The van der Waals surface area contributed by atoms with Gasteiger partial charge >= 0.3 is 85.5 Å². The zero-order valence-corrected chi connectivity index (χ0v) is 32.7. The molecule has 1 radical (unpaired) electrons. The minimum Gasteiger partial charge on any atom is -0.254 e. The van der Waals surface area contributed by atoms with Gasteiger partial charge in [0.25, 0.3) is 0 Å². The predicted octanol–water partition coefficient (Wildman–Crippen LogP) is 15.1. The maximum absolute atomic E-state index is 10.7. The van der Waals surface area contributed by atoms with Crippen LogP contribution in [-0.2, 0) is 19.5 Å². The molecule has 0 aliphatic carbocycles. The summed E-state index contributed by atoms with van der Waals surface area (Å²) in [6.07, 6.45) is 7.21. The summed E-state index contributed by atoms with van der Waals surface area (Å²) in [7, 11) is -21.3. The summed E-state index contributed by atoms with van der Waals surface area (Å²) in [4.78, 5) is 26.2. The van der Waals surface area contributed by atoms with Crippen molar-refractivity contribution < 1.29 is 69.8 Å². The number of benzene rings is 2. The maximum Gasteiger partial charge on any atom is 1.00 e. The van der Waals surface area contributed by atoms with E-state index in [9.17, 15) is 50.4 Å². The average Bonchev–Trinajstić information content (AvgIpc) is 3.09. The first-order valence-corrected chi connectivity index (χ1v) is 19.8. The third kappa shape index (κ3) is 18.7. The average molecular weight is 936 g/mol. The molecule has 6 nitrogen and oxygen atoms in total. The van der Waals surface area contributed by atoms with E-state index in [1.54, 1.807) is 24.8 Å². The first-order valence-electron chi connectivity index (χ1n) is 15.7. The smallest absolute Gasteiger partial charge is 0.254 e. The van der Waals surface area contributed by atoms with Gasteiger partial charge in [0.2, 0.25) is 0 Å². The molecule has 0 saturated heterocycles. The molecule has 0 aliphatic rings. The number of hydrogen-bond donors (Lipinski definition) is 0. The fourth-order valence-corrected chi connectivity index (χ4v) is 4.73. The van der Waals surface area contributed by atoms with Gasteiger partial charge in [0.05, 0.1) is 33.5 Å². The number of hydrogen-bond acceptors (Lipinski definition) is 6. The van der Waals surface area contributed by atoms with Crippen molar-refractivity contribution >= 4 is 59.2 Å². The number of aromatic nitrogens is 6. The molecule has 0 bridgehead atoms. The van der Waals surface area contributed by atoms with E-state index in [-0.39, 0.29) is 19.5 Å². The van der Waals surface area contributed by atoms with E-state index >= 15 is 0 Å². The molecule has 0 unspecified atom stereocenters. The van der Waals surface area contributed by atoms with Gasteiger partial charge in [0.1, 0.15) is 0 Å². The van der Waals surface area contributed by atoms with E-state index in [1.807, 2.05) is 74.5 Å². The molecule has 0 N–H and O–H groups in total. The fraction of sp³-hybridized carbons (Fsp3) is 0.0556. The second-order valence-corrected chi connectivity index (χ2v) is 15.5. The van der Waals surface area contributed by atoms with Gasteiger partial charge in [0, 0.05) is 57.7 Å². The molecule has 6 heterocycles. The van der Waals surface area contributed by atoms with Crippen LogP contribution >= 0.6 is 15.6 Å². The molecule has 0 saturated carbocycles. The van der Waals surface area contributed by atoms with Gasteiger partial charge in [-0.05, 0) is 62.4 Å². The quantitative estimate of drug-likeness (QED) is 0.0706. The second kappa shape index (κ2) is 16.1. The van der Waals surface area contributed by atoms with Crippen molar-refractivity contribution in [3.05, 3.63) is 145 Å². The van der Waals surface area contributed by atoms with Crippen molar-refractivity contribution in [1.29, 1.82) is 0 Å². The van der Waals surface area contributed by atoms with Crippen LogP contribution in [0.5, 0.6) is 0 Å². The largest absolute Gasteiger partial charge is 1.00 e. The van der Waals surface area contributed by atoms with Gasteiger partial charge in [-0.15, -0.1) is 0 Å².